The second-order valence-corrected chi connectivity index (χ2v) is 4.75. The molecule has 1 aromatic rings. The first kappa shape index (κ1) is 14.3. The SMILES string of the molecule is C=CC(=O)N(C)c1ccc2c(c1)CCC/C2=N\OCC. The normalized spacial score (nSPS) is 15.6. The average molecular weight is 272 g/mol. The van der Waals surface area contributed by atoms with Gasteiger partial charge in [0.1, 0.15) is 6.61 Å². The Morgan fingerprint density at radius 1 is 1.50 bits per heavy atom. The van der Waals surface area contributed by atoms with E-state index in [-0.39, 0.29) is 5.91 Å². The summed E-state index contributed by atoms with van der Waals surface area (Å²) in [5.41, 5.74) is 4.23. The summed E-state index contributed by atoms with van der Waals surface area (Å²) in [6, 6.07) is 6.01. The van der Waals surface area contributed by atoms with Gasteiger partial charge in [0.25, 0.3) is 0 Å². The van der Waals surface area contributed by atoms with E-state index in [1.807, 2.05) is 19.1 Å². The molecule has 0 saturated heterocycles. The van der Waals surface area contributed by atoms with Gasteiger partial charge in [-0.1, -0.05) is 17.8 Å². The van der Waals surface area contributed by atoms with Crippen molar-refractivity contribution >= 4 is 17.3 Å². The highest BCUT2D eigenvalue weighted by Gasteiger charge is 2.18. The van der Waals surface area contributed by atoms with Crippen LogP contribution in [0.5, 0.6) is 0 Å². The van der Waals surface area contributed by atoms with Crippen molar-refractivity contribution < 1.29 is 9.63 Å². The molecule has 106 valence electrons. The fraction of sp³-hybridized carbons (Fsp3) is 0.375. The minimum atomic E-state index is -0.107. The Kier molecular flexibility index (Phi) is 4.56. The van der Waals surface area contributed by atoms with Crippen molar-refractivity contribution in [3.63, 3.8) is 0 Å². The van der Waals surface area contributed by atoms with E-state index in [9.17, 15) is 4.79 Å². The van der Waals surface area contributed by atoms with Crippen LogP contribution in [0.1, 0.15) is 30.9 Å². The molecule has 0 spiro atoms. The lowest BCUT2D eigenvalue weighted by Gasteiger charge is -2.21. The second-order valence-electron chi connectivity index (χ2n) is 4.75. The number of amides is 1. The Labute approximate surface area is 119 Å². The first-order valence-corrected chi connectivity index (χ1v) is 6.89. The minimum Gasteiger partial charge on any atom is -0.396 e. The summed E-state index contributed by atoms with van der Waals surface area (Å²) in [6.07, 6.45) is 4.32. The quantitative estimate of drug-likeness (QED) is 0.624. The molecule has 20 heavy (non-hydrogen) atoms. The molecule has 0 unspecified atom stereocenters. The minimum absolute atomic E-state index is 0.107. The zero-order valence-corrected chi connectivity index (χ0v) is 12.1. The molecule has 1 amide bonds. The Morgan fingerprint density at radius 3 is 3.00 bits per heavy atom. The van der Waals surface area contributed by atoms with Crippen LogP contribution in [-0.2, 0) is 16.1 Å². The third-order valence-corrected chi connectivity index (χ3v) is 3.46. The molecule has 0 N–H and O–H groups in total. The van der Waals surface area contributed by atoms with Crippen LogP contribution in [0.15, 0.2) is 36.0 Å². The van der Waals surface area contributed by atoms with Gasteiger partial charge in [0.05, 0.1) is 5.71 Å². The maximum Gasteiger partial charge on any atom is 0.250 e. The Hall–Kier alpha value is -2.10. The largest absolute Gasteiger partial charge is 0.396 e. The number of rotatable bonds is 4. The Morgan fingerprint density at radius 2 is 2.30 bits per heavy atom. The van der Waals surface area contributed by atoms with Crippen LogP contribution >= 0.6 is 0 Å². The molecule has 4 nitrogen and oxygen atoms in total. The molecule has 0 aliphatic heterocycles. The van der Waals surface area contributed by atoms with Gasteiger partial charge in [-0.3, -0.25) is 4.79 Å². The highest BCUT2D eigenvalue weighted by molar-refractivity contribution is 6.04. The van der Waals surface area contributed by atoms with Crippen LogP contribution in [0.4, 0.5) is 5.69 Å². The summed E-state index contributed by atoms with van der Waals surface area (Å²) < 4.78 is 0. The number of carbonyl (C=O) groups excluding carboxylic acids is 1. The van der Waals surface area contributed by atoms with E-state index in [2.05, 4.69) is 17.8 Å². The fourth-order valence-corrected chi connectivity index (χ4v) is 2.36. The second kappa shape index (κ2) is 6.37. The van der Waals surface area contributed by atoms with Crippen molar-refractivity contribution in [2.75, 3.05) is 18.6 Å². The molecule has 0 fully saturated rings. The van der Waals surface area contributed by atoms with Crippen LogP contribution in [0.25, 0.3) is 0 Å². The van der Waals surface area contributed by atoms with Gasteiger partial charge in [-0.15, -0.1) is 0 Å². The van der Waals surface area contributed by atoms with Crippen molar-refractivity contribution in [2.45, 2.75) is 26.2 Å². The molecular formula is C16H20N2O2. The molecule has 2 rings (SSSR count). The molecular weight excluding hydrogens is 252 g/mol. The number of carbonyl (C=O) groups is 1. The van der Waals surface area contributed by atoms with Crippen LogP contribution in [-0.4, -0.2) is 25.3 Å². The van der Waals surface area contributed by atoms with Crippen LogP contribution in [0, 0.1) is 0 Å². The summed E-state index contributed by atoms with van der Waals surface area (Å²) >= 11 is 0. The predicted octanol–water partition coefficient (Wildman–Crippen LogP) is 2.91. The predicted molar refractivity (Wildman–Crippen MR) is 81.2 cm³/mol. The van der Waals surface area contributed by atoms with E-state index in [0.29, 0.717) is 6.61 Å². The van der Waals surface area contributed by atoms with E-state index in [0.717, 1.165) is 36.2 Å². The van der Waals surface area contributed by atoms with Crippen LogP contribution < -0.4 is 4.90 Å². The molecule has 0 saturated carbocycles. The van der Waals surface area contributed by atoms with Crippen molar-refractivity contribution in [3.05, 3.63) is 42.0 Å². The van der Waals surface area contributed by atoms with Gasteiger partial charge >= 0.3 is 0 Å². The number of hydrogen-bond acceptors (Lipinski definition) is 3. The lowest BCUT2D eigenvalue weighted by atomic mass is 9.89. The van der Waals surface area contributed by atoms with Crippen molar-refractivity contribution in [1.29, 1.82) is 0 Å². The Balaban J connectivity index is 2.32. The van der Waals surface area contributed by atoms with Crippen LogP contribution in [0.2, 0.25) is 0 Å². The van der Waals surface area contributed by atoms with Crippen LogP contribution in [0.3, 0.4) is 0 Å². The molecule has 0 bridgehead atoms. The van der Waals surface area contributed by atoms with E-state index >= 15 is 0 Å². The number of benzene rings is 1. The van der Waals surface area contributed by atoms with Gasteiger partial charge in [0.15, 0.2) is 0 Å². The van der Waals surface area contributed by atoms with E-state index < -0.39 is 0 Å². The molecule has 1 aliphatic rings. The lowest BCUT2D eigenvalue weighted by molar-refractivity contribution is -0.113. The fourth-order valence-electron chi connectivity index (χ4n) is 2.36. The summed E-state index contributed by atoms with van der Waals surface area (Å²) in [5, 5.41) is 4.19. The molecule has 1 aliphatic carbocycles. The van der Waals surface area contributed by atoms with Gasteiger partial charge in [-0.2, -0.15) is 0 Å². The number of nitrogens with zero attached hydrogens (tertiary/aromatic N) is 2. The zero-order chi connectivity index (χ0) is 14.5. The topological polar surface area (TPSA) is 41.9 Å². The number of fused-ring (bicyclic) bond motifs is 1. The van der Waals surface area contributed by atoms with E-state index in [4.69, 9.17) is 4.84 Å². The van der Waals surface area contributed by atoms with Crippen molar-refractivity contribution in [2.24, 2.45) is 5.16 Å². The van der Waals surface area contributed by atoms with Gasteiger partial charge in [-0.25, -0.2) is 0 Å². The first-order chi connectivity index (χ1) is 9.67. The first-order valence-electron chi connectivity index (χ1n) is 6.89. The smallest absolute Gasteiger partial charge is 0.250 e. The summed E-state index contributed by atoms with van der Waals surface area (Å²) in [6.45, 7) is 6.01. The molecule has 1 aromatic carbocycles. The maximum atomic E-state index is 11.7. The van der Waals surface area contributed by atoms with Gasteiger partial charge in [0, 0.05) is 18.3 Å². The summed E-state index contributed by atoms with van der Waals surface area (Å²) in [5.74, 6) is -0.107. The van der Waals surface area contributed by atoms with Crippen molar-refractivity contribution in [1.82, 2.24) is 0 Å². The van der Waals surface area contributed by atoms with Gasteiger partial charge in [-0.05, 0) is 50.0 Å². The van der Waals surface area contributed by atoms with Gasteiger partial charge < -0.3 is 9.74 Å². The monoisotopic (exact) mass is 272 g/mol. The number of hydrogen-bond donors (Lipinski definition) is 0. The zero-order valence-electron chi connectivity index (χ0n) is 12.1. The number of oxime groups is 1. The Bertz CT molecular complexity index is 549. The maximum absolute atomic E-state index is 11.7. The molecule has 0 heterocycles. The summed E-state index contributed by atoms with van der Waals surface area (Å²) in [7, 11) is 1.75. The highest BCUT2D eigenvalue weighted by Crippen LogP contribution is 2.26. The number of aryl methyl sites for hydroxylation is 1. The lowest BCUT2D eigenvalue weighted by Crippen LogP contribution is -2.24. The third-order valence-electron chi connectivity index (χ3n) is 3.46. The van der Waals surface area contributed by atoms with E-state index in [1.165, 1.54) is 11.6 Å². The van der Waals surface area contributed by atoms with Crippen molar-refractivity contribution in [3.8, 4) is 0 Å². The number of anilines is 1. The highest BCUT2D eigenvalue weighted by atomic mass is 16.6. The third kappa shape index (κ3) is 2.90. The van der Waals surface area contributed by atoms with Gasteiger partial charge in [0.2, 0.25) is 5.91 Å². The molecule has 0 radical (unpaired) electrons. The number of likely N-dealkylation sites (N-methyl/N-ethyl adjacent to an activating group) is 1. The molecule has 0 aromatic heterocycles. The summed E-state index contributed by atoms with van der Waals surface area (Å²) in [4.78, 5) is 18.4. The standard InChI is InChI=1S/C16H20N2O2/c1-4-16(19)18(3)13-9-10-14-12(11-13)7-6-8-15(14)17-20-5-2/h4,9-11H,1,5-8H2,2-3H3/b17-15+. The molecule has 0 atom stereocenters. The average Bonchev–Trinajstić information content (AvgIpc) is 2.50. The van der Waals surface area contributed by atoms with E-state index in [1.54, 1.807) is 11.9 Å². The molecule has 4 heteroatoms.